The highest BCUT2D eigenvalue weighted by Crippen LogP contribution is 2.43. The van der Waals surface area contributed by atoms with Gasteiger partial charge in [0.25, 0.3) is 0 Å². The van der Waals surface area contributed by atoms with Crippen molar-refractivity contribution in [1.82, 2.24) is 0 Å². The molecule has 0 heterocycles. The molecule has 1 heteroatoms. The van der Waals surface area contributed by atoms with E-state index < -0.39 is 0 Å². The van der Waals surface area contributed by atoms with Crippen molar-refractivity contribution in [2.45, 2.75) is 0 Å². The molecule has 0 bridgehead atoms. The highest BCUT2D eigenvalue weighted by atomic mass is 15.1. The van der Waals surface area contributed by atoms with Crippen LogP contribution in [-0.2, 0) is 0 Å². The van der Waals surface area contributed by atoms with E-state index in [0.29, 0.717) is 0 Å². The Morgan fingerprint density at radius 2 is 0.712 bits per heavy atom. The SMILES string of the molecule is c1ccc(-c2ccc(-c3ccccc3N(c3ccc(-c4ccccc4)cc3)c3ccc4ccc(-c5cccc6c5ccc5c7ccccc7ccc65)cc4c3)cc2)cc1. The van der Waals surface area contributed by atoms with Crippen LogP contribution < -0.4 is 4.90 Å². The van der Waals surface area contributed by atoms with Crippen LogP contribution in [0.15, 0.2) is 237 Å². The average Bonchev–Trinajstić information content (AvgIpc) is 3.32. The van der Waals surface area contributed by atoms with E-state index in [2.05, 4.69) is 241 Å². The zero-order chi connectivity index (χ0) is 39.1. The summed E-state index contributed by atoms with van der Waals surface area (Å²) in [6.45, 7) is 0. The Labute approximate surface area is 344 Å². The Morgan fingerprint density at radius 3 is 1.49 bits per heavy atom. The summed E-state index contributed by atoms with van der Waals surface area (Å²) in [5.74, 6) is 0. The lowest BCUT2D eigenvalue weighted by atomic mass is 9.92. The summed E-state index contributed by atoms with van der Waals surface area (Å²) in [5, 5.41) is 10.1. The van der Waals surface area contributed by atoms with Crippen LogP contribution in [0.25, 0.3) is 87.6 Å². The minimum Gasteiger partial charge on any atom is -0.310 e. The van der Waals surface area contributed by atoms with Gasteiger partial charge < -0.3 is 4.90 Å². The van der Waals surface area contributed by atoms with Gasteiger partial charge in [0.15, 0.2) is 0 Å². The standard InChI is InChI=1S/C58H39N/c1-3-12-40(13-4-1)42-22-25-46(26-23-42)53-18-9-10-21-58(53)59(49-32-28-43(29-33-49)41-14-5-2-6-15-41)50-34-30-44-24-27-47(38-48(44)39-50)52-19-11-20-54-56(52)37-36-55-51-17-8-7-16-45(51)31-35-57(54)55/h1-39H. The summed E-state index contributed by atoms with van der Waals surface area (Å²) < 4.78 is 0. The molecule has 0 radical (unpaired) electrons. The molecule has 0 spiro atoms. The van der Waals surface area contributed by atoms with Crippen LogP contribution >= 0.6 is 0 Å². The number of fused-ring (bicyclic) bond motifs is 6. The van der Waals surface area contributed by atoms with E-state index >= 15 is 0 Å². The Morgan fingerprint density at radius 1 is 0.220 bits per heavy atom. The number of benzene rings is 11. The lowest BCUT2D eigenvalue weighted by Crippen LogP contribution is -2.11. The predicted molar refractivity (Wildman–Crippen MR) is 253 cm³/mol. The first kappa shape index (κ1) is 34.5. The van der Waals surface area contributed by atoms with Crippen molar-refractivity contribution in [1.29, 1.82) is 0 Å². The highest BCUT2D eigenvalue weighted by Gasteiger charge is 2.18. The number of hydrogen-bond donors (Lipinski definition) is 0. The van der Waals surface area contributed by atoms with Gasteiger partial charge in [-0.3, -0.25) is 0 Å². The second kappa shape index (κ2) is 14.6. The van der Waals surface area contributed by atoms with Crippen LogP contribution in [0.5, 0.6) is 0 Å². The van der Waals surface area contributed by atoms with Gasteiger partial charge in [-0.25, -0.2) is 0 Å². The molecular formula is C58H39N. The summed E-state index contributed by atoms with van der Waals surface area (Å²) in [5.41, 5.74) is 12.9. The van der Waals surface area contributed by atoms with E-state index in [1.165, 1.54) is 87.6 Å². The van der Waals surface area contributed by atoms with Gasteiger partial charge in [0.1, 0.15) is 0 Å². The third-order valence-corrected chi connectivity index (χ3v) is 11.9. The third-order valence-electron chi connectivity index (χ3n) is 11.9. The summed E-state index contributed by atoms with van der Waals surface area (Å²) in [4.78, 5) is 2.41. The maximum absolute atomic E-state index is 2.41. The molecule has 0 atom stereocenters. The molecule has 0 aromatic heterocycles. The highest BCUT2D eigenvalue weighted by molar-refractivity contribution is 6.19. The second-order valence-electron chi connectivity index (χ2n) is 15.3. The van der Waals surface area contributed by atoms with Gasteiger partial charge in [-0.2, -0.15) is 0 Å². The molecule has 0 unspecified atom stereocenters. The number of hydrogen-bond acceptors (Lipinski definition) is 1. The molecule has 276 valence electrons. The van der Waals surface area contributed by atoms with Crippen molar-refractivity contribution in [2.24, 2.45) is 0 Å². The number of para-hydroxylation sites is 1. The van der Waals surface area contributed by atoms with Gasteiger partial charge in [-0.15, -0.1) is 0 Å². The van der Waals surface area contributed by atoms with Crippen LogP contribution in [-0.4, -0.2) is 0 Å². The molecule has 0 aliphatic heterocycles. The summed E-state index contributed by atoms with van der Waals surface area (Å²) in [6, 6.07) is 86.2. The molecule has 1 nitrogen and oxygen atoms in total. The average molecular weight is 750 g/mol. The first-order valence-electron chi connectivity index (χ1n) is 20.3. The number of rotatable bonds is 7. The Hall–Kier alpha value is -7.74. The molecule has 0 aliphatic carbocycles. The van der Waals surface area contributed by atoms with Crippen molar-refractivity contribution < 1.29 is 0 Å². The van der Waals surface area contributed by atoms with Crippen LogP contribution in [0.3, 0.4) is 0 Å². The lowest BCUT2D eigenvalue weighted by Gasteiger charge is -2.28. The maximum Gasteiger partial charge on any atom is 0.0540 e. The van der Waals surface area contributed by atoms with E-state index in [0.717, 1.165) is 17.1 Å². The van der Waals surface area contributed by atoms with Gasteiger partial charge in [0.05, 0.1) is 5.69 Å². The molecular weight excluding hydrogens is 711 g/mol. The molecule has 0 saturated heterocycles. The van der Waals surface area contributed by atoms with Crippen LogP contribution in [0.1, 0.15) is 0 Å². The number of nitrogens with zero attached hydrogens (tertiary/aromatic N) is 1. The van der Waals surface area contributed by atoms with E-state index in [-0.39, 0.29) is 0 Å². The van der Waals surface area contributed by atoms with Gasteiger partial charge in [-0.1, -0.05) is 200 Å². The molecule has 0 fully saturated rings. The second-order valence-corrected chi connectivity index (χ2v) is 15.3. The van der Waals surface area contributed by atoms with Crippen molar-refractivity contribution in [3.8, 4) is 44.5 Å². The van der Waals surface area contributed by atoms with Crippen molar-refractivity contribution in [3.63, 3.8) is 0 Å². The van der Waals surface area contributed by atoms with E-state index in [1.807, 2.05) is 0 Å². The first-order valence-corrected chi connectivity index (χ1v) is 20.3. The van der Waals surface area contributed by atoms with Gasteiger partial charge >= 0.3 is 0 Å². The molecule has 0 amide bonds. The Kier molecular flexibility index (Phi) is 8.56. The Bertz CT molecular complexity index is 3290. The van der Waals surface area contributed by atoms with Crippen LogP contribution in [0.2, 0.25) is 0 Å². The fourth-order valence-electron chi connectivity index (χ4n) is 8.90. The van der Waals surface area contributed by atoms with E-state index in [4.69, 9.17) is 0 Å². The normalized spacial score (nSPS) is 11.4. The lowest BCUT2D eigenvalue weighted by molar-refractivity contribution is 1.29. The quantitative estimate of drug-likeness (QED) is 0.147. The fraction of sp³-hybridized carbons (Fsp3) is 0. The zero-order valence-corrected chi connectivity index (χ0v) is 32.5. The van der Waals surface area contributed by atoms with Gasteiger partial charge in [-0.05, 0) is 118 Å². The Balaban J connectivity index is 1.04. The molecule has 11 rings (SSSR count). The fourth-order valence-corrected chi connectivity index (χ4v) is 8.90. The van der Waals surface area contributed by atoms with E-state index in [9.17, 15) is 0 Å². The van der Waals surface area contributed by atoms with Crippen molar-refractivity contribution >= 4 is 60.2 Å². The zero-order valence-electron chi connectivity index (χ0n) is 32.5. The molecule has 11 aromatic rings. The van der Waals surface area contributed by atoms with Crippen molar-refractivity contribution in [2.75, 3.05) is 4.90 Å². The maximum atomic E-state index is 2.41. The molecule has 59 heavy (non-hydrogen) atoms. The summed E-state index contributed by atoms with van der Waals surface area (Å²) in [7, 11) is 0. The predicted octanol–water partition coefficient (Wildman–Crippen LogP) is 16.4. The summed E-state index contributed by atoms with van der Waals surface area (Å²) >= 11 is 0. The van der Waals surface area contributed by atoms with Crippen molar-refractivity contribution in [3.05, 3.63) is 237 Å². The van der Waals surface area contributed by atoms with Crippen LogP contribution in [0.4, 0.5) is 17.1 Å². The third kappa shape index (κ3) is 6.30. The van der Waals surface area contributed by atoms with Gasteiger partial charge in [0.2, 0.25) is 0 Å². The van der Waals surface area contributed by atoms with Crippen LogP contribution in [0, 0.1) is 0 Å². The molecule has 0 aliphatic rings. The molecule has 11 aromatic carbocycles. The monoisotopic (exact) mass is 749 g/mol. The minimum absolute atomic E-state index is 1.10. The molecule has 0 saturated carbocycles. The summed E-state index contributed by atoms with van der Waals surface area (Å²) in [6.07, 6.45) is 0. The molecule has 0 N–H and O–H groups in total. The largest absolute Gasteiger partial charge is 0.310 e. The first-order chi connectivity index (χ1) is 29.2. The topological polar surface area (TPSA) is 3.24 Å². The van der Waals surface area contributed by atoms with E-state index in [1.54, 1.807) is 0 Å². The van der Waals surface area contributed by atoms with Gasteiger partial charge in [0, 0.05) is 16.9 Å². The minimum atomic E-state index is 1.10. The number of anilines is 3. The smallest absolute Gasteiger partial charge is 0.0540 e.